The average Bonchev–Trinajstić information content (AvgIpc) is 2.88. The molecule has 1 aliphatic rings. The molecule has 0 bridgehead atoms. The number of furan rings is 1. The van der Waals surface area contributed by atoms with Crippen LogP contribution < -0.4 is 0 Å². The van der Waals surface area contributed by atoms with Crippen molar-refractivity contribution in [1.29, 1.82) is 0 Å². The normalized spacial score (nSPS) is 15.0. The molecule has 26 heavy (non-hydrogen) atoms. The van der Waals surface area contributed by atoms with Crippen LogP contribution in [0.4, 0.5) is 0 Å². The molecule has 4 heteroatoms. The zero-order valence-electron chi connectivity index (χ0n) is 14.9. The Bertz CT molecular complexity index is 930. The molecule has 0 atom stereocenters. The Morgan fingerprint density at radius 1 is 1.15 bits per heavy atom. The van der Waals surface area contributed by atoms with Crippen LogP contribution in [0.5, 0.6) is 0 Å². The zero-order chi connectivity index (χ0) is 17.9. The van der Waals surface area contributed by atoms with Crippen molar-refractivity contribution in [3.05, 3.63) is 76.0 Å². The summed E-state index contributed by atoms with van der Waals surface area (Å²) >= 11 is 6.44. The van der Waals surface area contributed by atoms with Crippen LogP contribution in [0.2, 0.25) is 5.02 Å². The van der Waals surface area contributed by atoms with Gasteiger partial charge in [-0.25, -0.2) is 0 Å². The van der Waals surface area contributed by atoms with Gasteiger partial charge in [-0.05, 0) is 42.8 Å². The molecule has 0 aliphatic carbocycles. The molecule has 0 saturated carbocycles. The summed E-state index contributed by atoms with van der Waals surface area (Å²) < 4.78 is 11.8. The summed E-state index contributed by atoms with van der Waals surface area (Å²) in [6, 6.07) is 14.1. The Hall–Kier alpha value is -2.07. The second kappa shape index (κ2) is 7.67. The summed E-state index contributed by atoms with van der Waals surface area (Å²) in [5, 5.41) is 2.02. The van der Waals surface area contributed by atoms with E-state index in [9.17, 15) is 0 Å². The molecule has 3 aromatic rings. The molecule has 0 N–H and O–H groups in total. The second-order valence-corrected chi connectivity index (χ2v) is 7.14. The minimum atomic E-state index is 0.550. The van der Waals surface area contributed by atoms with Crippen LogP contribution in [0, 0.1) is 0 Å². The minimum Gasteiger partial charge on any atom is -0.456 e. The molecule has 1 aromatic heterocycles. The zero-order valence-corrected chi connectivity index (χ0v) is 15.6. The van der Waals surface area contributed by atoms with Crippen LogP contribution in [0.25, 0.3) is 17.0 Å². The lowest BCUT2D eigenvalue weighted by molar-refractivity contribution is 0.149. The van der Waals surface area contributed by atoms with Crippen molar-refractivity contribution in [2.24, 2.45) is 0 Å². The maximum absolute atomic E-state index is 6.44. The van der Waals surface area contributed by atoms with E-state index in [2.05, 4.69) is 24.1 Å². The van der Waals surface area contributed by atoms with Crippen LogP contribution in [-0.4, -0.2) is 25.1 Å². The number of likely N-dealkylation sites (N-methyl/N-ethyl adjacent to an activating group) is 1. The number of nitrogens with zero attached hydrogens (tertiary/aromatic N) is 1. The van der Waals surface area contributed by atoms with Crippen molar-refractivity contribution in [2.75, 3.05) is 20.2 Å². The van der Waals surface area contributed by atoms with E-state index in [0.717, 1.165) is 35.9 Å². The van der Waals surface area contributed by atoms with Gasteiger partial charge in [0.25, 0.3) is 0 Å². The maximum atomic E-state index is 6.44. The largest absolute Gasteiger partial charge is 0.456 e. The van der Waals surface area contributed by atoms with Crippen LogP contribution in [0.1, 0.15) is 22.5 Å². The highest BCUT2D eigenvalue weighted by atomic mass is 35.5. The summed E-state index contributed by atoms with van der Waals surface area (Å²) in [7, 11) is 2.13. The highest BCUT2D eigenvalue weighted by Crippen LogP contribution is 2.36. The number of benzene rings is 2. The third kappa shape index (κ3) is 3.56. The smallest absolute Gasteiger partial charge is 0.135 e. The number of hydrogen-bond donors (Lipinski definition) is 0. The lowest BCUT2D eigenvalue weighted by atomic mass is 10.0. The number of hydrogen-bond acceptors (Lipinski definition) is 3. The molecule has 0 fully saturated rings. The molecule has 3 nitrogen and oxygen atoms in total. The van der Waals surface area contributed by atoms with E-state index < -0.39 is 0 Å². The van der Waals surface area contributed by atoms with E-state index in [1.807, 2.05) is 42.5 Å². The molecule has 0 amide bonds. The fourth-order valence-electron chi connectivity index (χ4n) is 3.48. The van der Waals surface area contributed by atoms with E-state index in [-0.39, 0.29) is 0 Å². The molecule has 0 radical (unpaired) electrons. The van der Waals surface area contributed by atoms with Crippen LogP contribution in [-0.2, 0) is 24.3 Å². The lowest BCUT2D eigenvalue weighted by Gasteiger charge is -2.12. The van der Waals surface area contributed by atoms with Gasteiger partial charge < -0.3 is 14.1 Å². The van der Waals surface area contributed by atoms with Crippen LogP contribution in [0.15, 0.2) is 53.0 Å². The molecular formula is C22H22ClNO2. The third-order valence-electron chi connectivity index (χ3n) is 4.80. The van der Waals surface area contributed by atoms with Gasteiger partial charge in [0, 0.05) is 29.1 Å². The predicted molar refractivity (Wildman–Crippen MR) is 106 cm³/mol. The van der Waals surface area contributed by atoms with E-state index in [4.69, 9.17) is 20.8 Å². The van der Waals surface area contributed by atoms with Gasteiger partial charge in [-0.2, -0.15) is 0 Å². The Morgan fingerprint density at radius 2 is 2.00 bits per heavy atom. The molecule has 1 aliphatic heterocycles. The monoisotopic (exact) mass is 367 g/mol. The fourth-order valence-corrected chi connectivity index (χ4v) is 3.73. The quantitative estimate of drug-likeness (QED) is 0.572. The van der Waals surface area contributed by atoms with Crippen molar-refractivity contribution in [3.63, 3.8) is 0 Å². The maximum Gasteiger partial charge on any atom is 0.135 e. The van der Waals surface area contributed by atoms with E-state index >= 15 is 0 Å². The van der Waals surface area contributed by atoms with Crippen molar-refractivity contribution >= 4 is 28.6 Å². The Morgan fingerprint density at radius 3 is 2.85 bits per heavy atom. The Labute approximate surface area is 158 Å². The molecule has 0 spiro atoms. The van der Waals surface area contributed by atoms with Gasteiger partial charge in [0.1, 0.15) is 11.3 Å². The van der Waals surface area contributed by atoms with E-state index in [1.165, 1.54) is 22.1 Å². The van der Waals surface area contributed by atoms with Gasteiger partial charge in [-0.1, -0.05) is 48.0 Å². The first kappa shape index (κ1) is 17.3. The highest BCUT2D eigenvalue weighted by Gasteiger charge is 2.22. The topological polar surface area (TPSA) is 25.6 Å². The number of ether oxygens (including phenoxy) is 1. The molecule has 4 rings (SSSR count). The van der Waals surface area contributed by atoms with E-state index in [1.54, 1.807) is 0 Å². The van der Waals surface area contributed by atoms with Crippen molar-refractivity contribution in [1.82, 2.24) is 4.90 Å². The van der Waals surface area contributed by atoms with Crippen molar-refractivity contribution in [2.45, 2.75) is 19.6 Å². The lowest BCUT2D eigenvalue weighted by Crippen LogP contribution is -2.18. The Balaban J connectivity index is 1.53. The summed E-state index contributed by atoms with van der Waals surface area (Å²) in [5.74, 6) is 0.903. The standard InChI is InChI=1S/C22H22ClNO2/c1-24-12-11-17-19(23)9-10-21-22(17)18(14-24)20(26-21)8-5-13-25-15-16-6-3-2-4-7-16/h2-10H,11-15H2,1H3/b8-5+. The molecule has 2 heterocycles. The third-order valence-corrected chi connectivity index (χ3v) is 5.16. The Kier molecular flexibility index (Phi) is 5.11. The number of halogens is 1. The van der Waals surface area contributed by atoms with Crippen LogP contribution >= 0.6 is 11.6 Å². The first-order chi connectivity index (χ1) is 12.7. The number of rotatable bonds is 5. The van der Waals surface area contributed by atoms with Gasteiger partial charge in [0.05, 0.1) is 13.2 Å². The van der Waals surface area contributed by atoms with Crippen LogP contribution in [0.3, 0.4) is 0 Å². The molecule has 2 aromatic carbocycles. The van der Waals surface area contributed by atoms with Crippen molar-refractivity contribution in [3.8, 4) is 0 Å². The highest BCUT2D eigenvalue weighted by molar-refractivity contribution is 6.32. The molecular weight excluding hydrogens is 346 g/mol. The fraction of sp³-hybridized carbons (Fsp3) is 0.273. The summed E-state index contributed by atoms with van der Waals surface area (Å²) in [5.41, 5.74) is 4.51. The summed E-state index contributed by atoms with van der Waals surface area (Å²) in [6.07, 6.45) is 4.99. The van der Waals surface area contributed by atoms with Gasteiger partial charge >= 0.3 is 0 Å². The van der Waals surface area contributed by atoms with Gasteiger partial charge in [0.15, 0.2) is 0 Å². The predicted octanol–water partition coefficient (Wildman–Crippen LogP) is 5.30. The first-order valence-corrected chi connectivity index (χ1v) is 9.29. The van der Waals surface area contributed by atoms with Gasteiger partial charge in [0.2, 0.25) is 0 Å². The summed E-state index contributed by atoms with van der Waals surface area (Å²) in [6.45, 7) is 3.03. The minimum absolute atomic E-state index is 0.550. The first-order valence-electron chi connectivity index (χ1n) is 8.92. The van der Waals surface area contributed by atoms with E-state index in [0.29, 0.717) is 13.2 Å². The molecule has 0 saturated heterocycles. The second-order valence-electron chi connectivity index (χ2n) is 6.73. The molecule has 134 valence electrons. The van der Waals surface area contributed by atoms with Crippen molar-refractivity contribution < 1.29 is 9.15 Å². The average molecular weight is 368 g/mol. The van der Waals surface area contributed by atoms with Gasteiger partial charge in [-0.3, -0.25) is 0 Å². The van der Waals surface area contributed by atoms with Gasteiger partial charge in [-0.15, -0.1) is 0 Å². The summed E-state index contributed by atoms with van der Waals surface area (Å²) in [4.78, 5) is 2.31. The SMILES string of the molecule is CN1CCc2c(Cl)ccc3oc(/C=C/COCc4ccccc4)c(c23)C1. The molecule has 0 unspecified atom stereocenters.